The highest BCUT2D eigenvalue weighted by molar-refractivity contribution is 5.99. The molecule has 5 nitrogen and oxygen atoms in total. The van der Waals surface area contributed by atoms with Gasteiger partial charge < -0.3 is 10.4 Å². The van der Waals surface area contributed by atoms with Crippen LogP contribution < -0.4 is 5.32 Å². The van der Waals surface area contributed by atoms with E-state index in [1.807, 2.05) is 6.92 Å². The zero-order valence-electron chi connectivity index (χ0n) is 9.25. The molecule has 0 fully saturated rings. The van der Waals surface area contributed by atoms with E-state index in [0.717, 1.165) is 0 Å². The first kappa shape index (κ1) is 12.6. The van der Waals surface area contributed by atoms with Crippen LogP contribution in [0.1, 0.15) is 17.4 Å². The number of hydrogen-bond donors (Lipinski definition) is 2. The predicted octanol–water partition coefficient (Wildman–Crippen LogP) is 1.85. The Hall–Kier alpha value is -2.43. The zero-order valence-corrected chi connectivity index (χ0v) is 9.25. The van der Waals surface area contributed by atoms with Gasteiger partial charge in [-0.05, 0) is 19.1 Å². The fourth-order valence-electron chi connectivity index (χ4n) is 1.05. The van der Waals surface area contributed by atoms with Gasteiger partial charge in [0.25, 0.3) is 0 Å². The van der Waals surface area contributed by atoms with Crippen molar-refractivity contribution in [2.24, 2.45) is 0 Å². The molecule has 17 heavy (non-hydrogen) atoms. The number of pyridine rings is 1. The lowest BCUT2D eigenvalue weighted by molar-refractivity contribution is -0.111. The summed E-state index contributed by atoms with van der Waals surface area (Å²) >= 11 is 0. The van der Waals surface area contributed by atoms with Crippen LogP contribution in [0.15, 0.2) is 42.5 Å². The number of nitrogens with zero attached hydrogens (tertiary/aromatic N) is 1. The summed E-state index contributed by atoms with van der Waals surface area (Å²) in [6, 6.07) is 4.39. The number of aromatic carboxylic acids is 1. The van der Waals surface area contributed by atoms with E-state index < -0.39 is 5.97 Å². The SMILES string of the molecule is CC=CC=CC(=O)Nc1cccc(C(=O)O)n1. The maximum Gasteiger partial charge on any atom is 0.354 e. The largest absolute Gasteiger partial charge is 0.477 e. The van der Waals surface area contributed by atoms with Crippen molar-refractivity contribution >= 4 is 17.7 Å². The Labute approximate surface area is 98.5 Å². The van der Waals surface area contributed by atoms with Gasteiger partial charge in [-0.3, -0.25) is 4.79 Å². The van der Waals surface area contributed by atoms with Crippen molar-refractivity contribution in [1.82, 2.24) is 4.98 Å². The van der Waals surface area contributed by atoms with E-state index in [2.05, 4.69) is 10.3 Å². The minimum atomic E-state index is -1.13. The van der Waals surface area contributed by atoms with Crippen LogP contribution in [-0.4, -0.2) is 22.0 Å². The zero-order chi connectivity index (χ0) is 12.7. The van der Waals surface area contributed by atoms with Crippen LogP contribution in [0.5, 0.6) is 0 Å². The molecule has 0 radical (unpaired) electrons. The molecular formula is C12H12N2O3. The molecule has 0 aliphatic heterocycles. The number of nitrogens with one attached hydrogen (secondary N) is 1. The number of carbonyl (C=O) groups is 2. The summed E-state index contributed by atoms with van der Waals surface area (Å²) in [4.78, 5) is 25.8. The number of hydrogen-bond acceptors (Lipinski definition) is 3. The van der Waals surface area contributed by atoms with Crippen LogP contribution in [0, 0.1) is 0 Å². The van der Waals surface area contributed by atoms with Crippen molar-refractivity contribution < 1.29 is 14.7 Å². The molecule has 1 rings (SSSR count). The van der Waals surface area contributed by atoms with Crippen molar-refractivity contribution in [3.63, 3.8) is 0 Å². The normalized spacial score (nSPS) is 10.9. The highest BCUT2D eigenvalue weighted by Gasteiger charge is 2.05. The fraction of sp³-hybridized carbons (Fsp3) is 0.0833. The summed E-state index contributed by atoms with van der Waals surface area (Å²) in [6.07, 6.45) is 6.40. The van der Waals surface area contributed by atoms with Gasteiger partial charge in [0.15, 0.2) is 5.69 Å². The minimum absolute atomic E-state index is 0.111. The summed E-state index contributed by atoms with van der Waals surface area (Å²) in [5, 5.41) is 11.2. The van der Waals surface area contributed by atoms with Crippen molar-refractivity contribution in [1.29, 1.82) is 0 Å². The second kappa shape index (κ2) is 6.22. The third-order valence-corrected chi connectivity index (χ3v) is 1.77. The molecule has 1 aromatic heterocycles. The van der Waals surface area contributed by atoms with E-state index in [0.29, 0.717) is 0 Å². The van der Waals surface area contributed by atoms with Gasteiger partial charge in [0.1, 0.15) is 5.82 Å². The van der Waals surface area contributed by atoms with E-state index in [9.17, 15) is 9.59 Å². The third-order valence-electron chi connectivity index (χ3n) is 1.77. The maximum atomic E-state index is 11.3. The number of allylic oxidation sites excluding steroid dienone is 3. The first-order valence-electron chi connectivity index (χ1n) is 4.94. The standard InChI is InChI=1S/C12H12N2O3/c1-2-3-4-8-11(15)14-10-7-5-6-9(13-10)12(16)17/h2-8H,1H3,(H,16,17)(H,13,14,15). The first-order chi connectivity index (χ1) is 8.13. The summed E-state index contributed by atoms with van der Waals surface area (Å²) in [7, 11) is 0. The van der Waals surface area contributed by atoms with Gasteiger partial charge in [-0.25, -0.2) is 9.78 Å². The number of aromatic nitrogens is 1. The van der Waals surface area contributed by atoms with Crippen LogP contribution in [0.3, 0.4) is 0 Å². The van der Waals surface area contributed by atoms with Crippen molar-refractivity contribution in [2.45, 2.75) is 6.92 Å². The van der Waals surface area contributed by atoms with Crippen LogP contribution in [-0.2, 0) is 4.79 Å². The average Bonchev–Trinajstić information content (AvgIpc) is 2.29. The number of amides is 1. The maximum absolute atomic E-state index is 11.3. The predicted molar refractivity (Wildman–Crippen MR) is 63.8 cm³/mol. The number of rotatable bonds is 4. The fourth-order valence-corrected chi connectivity index (χ4v) is 1.05. The molecule has 1 amide bonds. The first-order valence-corrected chi connectivity index (χ1v) is 4.94. The lowest BCUT2D eigenvalue weighted by atomic mass is 10.3. The molecular weight excluding hydrogens is 220 g/mol. The van der Waals surface area contributed by atoms with E-state index in [1.54, 1.807) is 18.2 Å². The molecule has 0 spiro atoms. The summed E-state index contributed by atoms with van der Waals surface area (Å²) < 4.78 is 0. The molecule has 0 bridgehead atoms. The van der Waals surface area contributed by atoms with Crippen LogP contribution in [0.4, 0.5) is 5.82 Å². The Morgan fingerprint density at radius 2 is 2.12 bits per heavy atom. The Kier molecular flexibility index (Phi) is 4.62. The highest BCUT2D eigenvalue weighted by Crippen LogP contribution is 2.04. The molecule has 88 valence electrons. The lowest BCUT2D eigenvalue weighted by Gasteiger charge is -2.01. The molecule has 0 unspecified atom stereocenters. The molecule has 1 aromatic rings. The van der Waals surface area contributed by atoms with E-state index >= 15 is 0 Å². The Morgan fingerprint density at radius 3 is 2.76 bits per heavy atom. The van der Waals surface area contributed by atoms with Gasteiger partial charge in [-0.1, -0.05) is 24.3 Å². The summed E-state index contributed by atoms with van der Waals surface area (Å²) in [5.74, 6) is -1.29. The smallest absolute Gasteiger partial charge is 0.354 e. The molecule has 1 heterocycles. The minimum Gasteiger partial charge on any atom is -0.477 e. The van der Waals surface area contributed by atoms with E-state index in [1.165, 1.54) is 24.3 Å². The average molecular weight is 232 g/mol. The van der Waals surface area contributed by atoms with Gasteiger partial charge in [0.2, 0.25) is 5.91 Å². The lowest BCUT2D eigenvalue weighted by Crippen LogP contribution is -2.11. The summed E-state index contributed by atoms with van der Waals surface area (Å²) in [6.45, 7) is 1.83. The Balaban J connectivity index is 2.71. The van der Waals surface area contributed by atoms with Crippen molar-refractivity contribution in [2.75, 3.05) is 5.32 Å². The number of anilines is 1. The van der Waals surface area contributed by atoms with Crippen LogP contribution in [0.2, 0.25) is 0 Å². The Bertz CT molecular complexity index is 478. The number of carboxylic acids is 1. The molecule has 0 saturated carbocycles. The number of carboxylic acid groups (broad SMARTS) is 1. The van der Waals surface area contributed by atoms with Crippen LogP contribution >= 0.6 is 0 Å². The third kappa shape index (κ3) is 4.29. The highest BCUT2D eigenvalue weighted by atomic mass is 16.4. The summed E-state index contributed by atoms with van der Waals surface area (Å²) in [5.41, 5.74) is -0.111. The van der Waals surface area contributed by atoms with Gasteiger partial charge in [0, 0.05) is 6.08 Å². The van der Waals surface area contributed by atoms with Gasteiger partial charge >= 0.3 is 5.97 Å². The molecule has 5 heteroatoms. The van der Waals surface area contributed by atoms with E-state index in [-0.39, 0.29) is 17.4 Å². The molecule has 2 N–H and O–H groups in total. The van der Waals surface area contributed by atoms with Crippen LogP contribution in [0.25, 0.3) is 0 Å². The molecule has 0 aliphatic carbocycles. The Morgan fingerprint density at radius 1 is 1.35 bits per heavy atom. The van der Waals surface area contributed by atoms with Gasteiger partial charge in [0.05, 0.1) is 0 Å². The van der Waals surface area contributed by atoms with Crippen molar-refractivity contribution in [3.05, 3.63) is 48.2 Å². The monoisotopic (exact) mass is 232 g/mol. The molecule has 0 atom stereocenters. The second-order valence-electron chi connectivity index (χ2n) is 3.09. The number of carbonyl (C=O) groups excluding carboxylic acids is 1. The van der Waals surface area contributed by atoms with E-state index in [4.69, 9.17) is 5.11 Å². The quantitative estimate of drug-likeness (QED) is 0.613. The topological polar surface area (TPSA) is 79.3 Å². The second-order valence-corrected chi connectivity index (χ2v) is 3.09. The molecule has 0 saturated heterocycles. The molecule has 0 aromatic carbocycles. The van der Waals surface area contributed by atoms with Gasteiger partial charge in [-0.15, -0.1) is 0 Å². The van der Waals surface area contributed by atoms with Crippen molar-refractivity contribution in [3.8, 4) is 0 Å². The molecule has 0 aliphatic rings. The van der Waals surface area contributed by atoms with Gasteiger partial charge in [-0.2, -0.15) is 0 Å².